The van der Waals surface area contributed by atoms with E-state index in [0.717, 1.165) is 13.1 Å². The molecule has 1 aliphatic heterocycles. The van der Waals surface area contributed by atoms with Gasteiger partial charge >= 0.3 is 5.97 Å². The monoisotopic (exact) mass is 275 g/mol. The molecular formula is C17H25NO2. The van der Waals surface area contributed by atoms with Gasteiger partial charge in [0.15, 0.2) is 0 Å². The van der Waals surface area contributed by atoms with Crippen molar-refractivity contribution >= 4 is 5.97 Å². The lowest BCUT2D eigenvalue weighted by Crippen LogP contribution is -2.35. The number of ether oxygens (including phenoxy) is 1. The van der Waals surface area contributed by atoms with Crippen molar-refractivity contribution in [2.24, 2.45) is 0 Å². The van der Waals surface area contributed by atoms with Crippen LogP contribution in [0.5, 0.6) is 0 Å². The van der Waals surface area contributed by atoms with E-state index in [-0.39, 0.29) is 12.0 Å². The van der Waals surface area contributed by atoms with E-state index >= 15 is 0 Å². The second-order valence-corrected chi connectivity index (χ2v) is 5.53. The molecule has 1 aromatic rings. The minimum atomic E-state index is -0.0938. The predicted octanol–water partition coefficient (Wildman–Crippen LogP) is 3.48. The summed E-state index contributed by atoms with van der Waals surface area (Å²) < 4.78 is 5.14. The molecule has 0 spiro atoms. The minimum absolute atomic E-state index is 0.0938. The Bertz CT molecular complexity index is 421. The second kappa shape index (κ2) is 7.44. The number of nitrogens with zero attached hydrogens (tertiary/aromatic N) is 1. The van der Waals surface area contributed by atoms with Gasteiger partial charge in [-0.25, -0.2) is 0 Å². The van der Waals surface area contributed by atoms with Gasteiger partial charge < -0.3 is 4.74 Å². The first kappa shape index (κ1) is 15.0. The second-order valence-electron chi connectivity index (χ2n) is 5.53. The van der Waals surface area contributed by atoms with E-state index in [1.807, 2.05) is 6.92 Å². The summed E-state index contributed by atoms with van der Waals surface area (Å²) in [5, 5.41) is 0. The molecule has 1 fully saturated rings. The number of hydrogen-bond donors (Lipinski definition) is 0. The minimum Gasteiger partial charge on any atom is -0.466 e. The highest BCUT2D eigenvalue weighted by Gasteiger charge is 2.25. The van der Waals surface area contributed by atoms with Gasteiger partial charge in [-0.2, -0.15) is 0 Å². The van der Waals surface area contributed by atoms with Crippen molar-refractivity contribution in [1.29, 1.82) is 0 Å². The van der Waals surface area contributed by atoms with Crippen molar-refractivity contribution in [3.8, 4) is 0 Å². The first-order valence-corrected chi connectivity index (χ1v) is 7.67. The molecule has 0 amide bonds. The molecule has 0 aliphatic carbocycles. The van der Waals surface area contributed by atoms with Crippen molar-refractivity contribution in [1.82, 2.24) is 4.90 Å². The van der Waals surface area contributed by atoms with Crippen LogP contribution in [0.25, 0.3) is 0 Å². The quantitative estimate of drug-likeness (QED) is 0.771. The number of esters is 1. The lowest BCUT2D eigenvalue weighted by molar-refractivity contribution is -0.144. The zero-order valence-corrected chi connectivity index (χ0v) is 12.6. The van der Waals surface area contributed by atoms with Gasteiger partial charge in [0, 0.05) is 6.04 Å². The summed E-state index contributed by atoms with van der Waals surface area (Å²) in [6.07, 6.45) is 4.21. The molecule has 20 heavy (non-hydrogen) atoms. The van der Waals surface area contributed by atoms with E-state index in [1.165, 1.54) is 30.4 Å². The number of benzene rings is 1. The molecule has 2 rings (SSSR count). The molecule has 1 atom stereocenters. The first-order chi connectivity index (χ1) is 9.70. The van der Waals surface area contributed by atoms with Gasteiger partial charge in [-0.15, -0.1) is 0 Å². The van der Waals surface area contributed by atoms with Gasteiger partial charge in [0.1, 0.15) is 0 Å². The summed E-state index contributed by atoms with van der Waals surface area (Å²) in [7, 11) is 0. The Kier molecular flexibility index (Phi) is 5.60. The molecule has 0 aromatic heterocycles. The van der Waals surface area contributed by atoms with Crippen molar-refractivity contribution in [3.05, 3.63) is 35.4 Å². The van der Waals surface area contributed by atoms with Crippen LogP contribution in [0.1, 0.15) is 49.8 Å². The predicted molar refractivity (Wildman–Crippen MR) is 80.6 cm³/mol. The van der Waals surface area contributed by atoms with Crippen LogP contribution in [0.4, 0.5) is 0 Å². The number of carbonyl (C=O) groups excluding carboxylic acids is 1. The average molecular weight is 275 g/mol. The van der Waals surface area contributed by atoms with Crippen molar-refractivity contribution in [2.45, 2.75) is 45.6 Å². The Morgan fingerprint density at radius 2 is 1.85 bits per heavy atom. The van der Waals surface area contributed by atoms with Crippen LogP contribution in [0.3, 0.4) is 0 Å². The highest BCUT2D eigenvalue weighted by atomic mass is 16.5. The molecule has 1 unspecified atom stereocenters. The van der Waals surface area contributed by atoms with E-state index in [4.69, 9.17) is 4.74 Å². The van der Waals surface area contributed by atoms with E-state index in [2.05, 4.69) is 36.1 Å². The Labute approximate surface area is 121 Å². The molecular weight excluding hydrogens is 250 g/mol. The lowest BCUT2D eigenvalue weighted by Gasteiger charge is -2.34. The highest BCUT2D eigenvalue weighted by Crippen LogP contribution is 2.28. The summed E-state index contributed by atoms with van der Waals surface area (Å²) in [5.41, 5.74) is 2.48. The van der Waals surface area contributed by atoms with Crippen LogP contribution < -0.4 is 0 Å². The van der Waals surface area contributed by atoms with Crippen LogP contribution >= 0.6 is 0 Å². The van der Waals surface area contributed by atoms with Gasteiger partial charge in [-0.05, 0) is 45.3 Å². The molecule has 3 heteroatoms. The van der Waals surface area contributed by atoms with Crippen molar-refractivity contribution in [3.63, 3.8) is 0 Å². The molecule has 1 saturated heterocycles. The van der Waals surface area contributed by atoms with Gasteiger partial charge in [0.2, 0.25) is 0 Å². The third-order valence-electron chi connectivity index (χ3n) is 3.96. The van der Waals surface area contributed by atoms with Gasteiger partial charge in [-0.1, -0.05) is 36.2 Å². The fraction of sp³-hybridized carbons (Fsp3) is 0.588. The topological polar surface area (TPSA) is 29.5 Å². The number of carbonyl (C=O) groups is 1. The third kappa shape index (κ3) is 4.07. The van der Waals surface area contributed by atoms with Gasteiger partial charge in [-0.3, -0.25) is 9.69 Å². The van der Waals surface area contributed by atoms with Crippen molar-refractivity contribution < 1.29 is 9.53 Å². The van der Waals surface area contributed by atoms with E-state index in [0.29, 0.717) is 13.0 Å². The summed E-state index contributed by atoms with van der Waals surface area (Å²) in [4.78, 5) is 14.3. The normalized spacial score (nSPS) is 17.7. The molecule has 1 aromatic carbocycles. The fourth-order valence-electron chi connectivity index (χ4n) is 2.85. The summed E-state index contributed by atoms with van der Waals surface area (Å²) >= 11 is 0. The average Bonchev–Trinajstić information content (AvgIpc) is 2.47. The maximum absolute atomic E-state index is 11.9. The van der Waals surface area contributed by atoms with Crippen LogP contribution in [0, 0.1) is 6.92 Å². The van der Waals surface area contributed by atoms with Crippen LogP contribution in [-0.4, -0.2) is 30.6 Å². The Morgan fingerprint density at radius 3 is 2.45 bits per heavy atom. The molecule has 0 radical (unpaired) electrons. The molecule has 3 nitrogen and oxygen atoms in total. The Hall–Kier alpha value is -1.35. The standard InChI is InChI=1S/C17H25NO2/c1-3-20-17(19)13-16(18-11-5-4-6-12-18)15-9-7-14(2)8-10-15/h7-10,16H,3-6,11-13H2,1-2H3. The highest BCUT2D eigenvalue weighted by molar-refractivity contribution is 5.70. The Balaban J connectivity index is 2.13. The summed E-state index contributed by atoms with van der Waals surface area (Å²) in [5.74, 6) is -0.0938. The molecule has 110 valence electrons. The van der Waals surface area contributed by atoms with Crippen molar-refractivity contribution in [2.75, 3.05) is 19.7 Å². The molecule has 0 saturated carbocycles. The zero-order chi connectivity index (χ0) is 14.4. The van der Waals surface area contributed by atoms with E-state index < -0.39 is 0 Å². The zero-order valence-electron chi connectivity index (χ0n) is 12.6. The smallest absolute Gasteiger partial charge is 0.307 e. The maximum atomic E-state index is 11.9. The fourth-order valence-corrected chi connectivity index (χ4v) is 2.85. The Morgan fingerprint density at radius 1 is 1.20 bits per heavy atom. The summed E-state index contributed by atoms with van der Waals surface area (Å²) in [6.45, 7) is 6.57. The largest absolute Gasteiger partial charge is 0.466 e. The van der Waals surface area contributed by atoms with Gasteiger partial charge in [0.25, 0.3) is 0 Å². The third-order valence-corrected chi connectivity index (χ3v) is 3.96. The first-order valence-electron chi connectivity index (χ1n) is 7.67. The van der Waals surface area contributed by atoms with Crippen LogP contribution in [0.2, 0.25) is 0 Å². The SMILES string of the molecule is CCOC(=O)CC(c1ccc(C)cc1)N1CCCCC1. The number of aryl methyl sites for hydroxylation is 1. The summed E-state index contributed by atoms with van der Waals surface area (Å²) in [6, 6.07) is 8.70. The lowest BCUT2D eigenvalue weighted by atomic mass is 9.98. The van der Waals surface area contributed by atoms with Gasteiger partial charge in [0.05, 0.1) is 13.0 Å². The van der Waals surface area contributed by atoms with E-state index in [1.54, 1.807) is 0 Å². The molecule has 0 N–H and O–H groups in total. The van der Waals surface area contributed by atoms with Crippen LogP contribution in [-0.2, 0) is 9.53 Å². The van der Waals surface area contributed by atoms with Crippen LogP contribution in [0.15, 0.2) is 24.3 Å². The number of hydrogen-bond acceptors (Lipinski definition) is 3. The number of rotatable bonds is 5. The maximum Gasteiger partial charge on any atom is 0.307 e. The number of piperidine rings is 1. The molecule has 0 bridgehead atoms. The number of likely N-dealkylation sites (tertiary alicyclic amines) is 1. The molecule has 1 heterocycles. The molecule has 1 aliphatic rings. The van der Waals surface area contributed by atoms with E-state index in [9.17, 15) is 4.79 Å².